The van der Waals surface area contributed by atoms with Crippen molar-refractivity contribution in [2.45, 2.75) is 25.5 Å². The zero-order chi connectivity index (χ0) is 16.2. The van der Waals surface area contributed by atoms with Crippen LogP contribution in [0.3, 0.4) is 0 Å². The first-order valence-electron chi connectivity index (χ1n) is 7.58. The second-order valence-electron chi connectivity index (χ2n) is 5.71. The molecule has 1 fully saturated rings. The molecule has 0 saturated carbocycles. The molecule has 7 nitrogen and oxygen atoms in total. The third-order valence-corrected chi connectivity index (χ3v) is 3.97. The van der Waals surface area contributed by atoms with Crippen molar-refractivity contribution in [2.24, 2.45) is 5.73 Å². The Bertz CT molecular complexity index is 664. The molecular formula is C16H21ClN4O3. The standard InChI is InChI=1S/C16H20N4O3.ClH/c1-11-18-15(23-19-11)9-22-10-16(21)20-7-13(14(17)8-20)12-5-3-2-4-6-12;/h2-6,13-14H,7-10,17H2,1H3;1H/t13-,14+;/m0./s1. The Kier molecular flexibility index (Phi) is 6.30. The van der Waals surface area contributed by atoms with Crippen LogP contribution in [0.25, 0.3) is 0 Å². The minimum atomic E-state index is -0.0740. The lowest BCUT2D eigenvalue weighted by Crippen LogP contribution is -2.34. The van der Waals surface area contributed by atoms with Crippen LogP contribution in [0.15, 0.2) is 34.9 Å². The summed E-state index contributed by atoms with van der Waals surface area (Å²) in [5.41, 5.74) is 7.36. The summed E-state index contributed by atoms with van der Waals surface area (Å²) < 4.78 is 10.3. The minimum absolute atomic E-state index is 0. The molecule has 2 heterocycles. The number of carbonyl (C=O) groups is 1. The highest BCUT2D eigenvalue weighted by Crippen LogP contribution is 2.26. The summed E-state index contributed by atoms with van der Waals surface area (Å²) in [5, 5.41) is 3.67. The molecule has 1 aliphatic rings. The number of likely N-dealkylation sites (tertiary alicyclic amines) is 1. The summed E-state index contributed by atoms with van der Waals surface area (Å²) in [6.45, 7) is 3.01. The van der Waals surface area contributed by atoms with Crippen LogP contribution in [0.4, 0.5) is 0 Å². The first-order chi connectivity index (χ1) is 11.1. The number of carbonyl (C=O) groups excluding carboxylic acids is 1. The molecule has 1 saturated heterocycles. The Balaban J connectivity index is 0.00000208. The average Bonchev–Trinajstić information content (AvgIpc) is 3.14. The first-order valence-corrected chi connectivity index (χ1v) is 7.58. The Morgan fingerprint density at radius 2 is 2.12 bits per heavy atom. The number of aromatic nitrogens is 2. The van der Waals surface area contributed by atoms with Crippen LogP contribution in [-0.4, -0.2) is 46.7 Å². The molecule has 1 aromatic carbocycles. The number of benzene rings is 1. The molecule has 0 aliphatic carbocycles. The summed E-state index contributed by atoms with van der Waals surface area (Å²) >= 11 is 0. The predicted molar refractivity (Wildman–Crippen MR) is 89.7 cm³/mol. The van der Waals surface area contributed by atoms with E-state index >= 15 is 0 Å². The van der Waals surface area contributed by atoms with Gasteiger partial charge in [0, 0.05) is 25.0 Å². The highest BCUT2D eigenvalue weighted by atomic mass is 35.5. The molecule has 2 aromatic rings. The molecule has 0 spiro atoms. The van der Waals surface area contributed by atoms with E-state index in [2.05, 4.69) is 10.1 Å². The highest BCUT2D eigenvalue weighted by molar-refractivity contribution is 5.85. The second-order valence-corrected chi connectivity index (χ2v) is 5.71. The third-order valence-electron chi connectivity index (χ3n) is 3.97. The summed E-state index contributed by atoms with van der Waals surface area (Å²) in [5.74, 6) is 1.01. The molecule has 0 radical (unpaired) electrons. The fourth-order valence-corrected chi connectivity index (χ4v) is 2.80. The van der Waals surface area contributed by atoms with Gasteiger partial charge in [-0.05, 0) is 12.5 Å². The van der Waals surface area contributed by atoms with Gasteiger partial charge in [-0.3, -0.25) is 4.79 Å². The van der Waals surface area contributed by atoms with Gasteiger partial charge in [-0.1, -0.05) is 35.5 Å². The maximum Gasteiger partial charge on any atom is 0.252 e. The van der Waals surface area contributed by atoms with Crippen LogP contribution in [0.5, 0.6) is 0 Å². The lowest BCUT2D eigenvalue weighted by molar-refractivity contribution is -0.135. The van der Waals surface area contributed by atoms with E-state index in [-0.39, 0.29) is 43.5 Å². The van der Waals surface area contributed by atoms with Crippen LogP contribution in [0.2, 0.25) is 0 Å². The topological polar surface area (TPSA) is 94.5 Å². The number of amides is 1. The molecule has 1 amide bonds. The van der Waals surface area contributed by atoms with E-state index in [9.17, 15) is 4.79 Å². The van der Waals surface area contributed by atoms with Crippen molar-refractivity contribution in [3.63, 3.8) is 0 Å². The van der Waals surface area contributed by atoms with Gasteiger partial charge < -0.3 is 19.9 Å². The Morgan fingerprint density at radius 1 is 1.38 bits per heavy atom. The number of hydrogen-bond acceptors (Lipinski definition) is 6. The number of nitrogens with two attached hydrogens (primary N) is 1. The fraction of sp³-hybridized carbons (Fsp3) is 0.438. The molecule has 1 aliphatic heterocycles. The van der Waals surface area contributed by atoms with E-state index in [0.717, 1.165) is 5.56 Å². The third kappa shape index (κ3) is 4.31. The lowest BCUT2D eigenvalue weighted by Gasteiger charge is -2.16. The number of halogens is 1. The van der Waals surface area contributed by atoms with E-state index in [1.54, 1.807) is 11.8 Å². The number of ether oxygens (including phenoxy) is 1. The number of aryl methyl sites for hydroxylation is 1. The molecule has 2 N–H and O–H groups in total. The lowest BCUT2D eigenvalue weighted by atomic mass is 9.95. The fourth-order valence-electron chi connectivity index (χ4n) is 2.80. The van der Waals surface area contributed by atoms with Crippen molar-refractivity contribution in [3.05, 3.63) is 47.6 Å². The van der Waals surface area contributed by atoms with Crippen LogP contribution < -0.4 is 5.73 Å². The van der Waals surface area contributed by atoms with Crippen molar-refractivity contribution in [3.8, 4) is 0 Å². The van der Waals surface area contributed by atoms with E-state index < -0.39 is 0 Å². The van der Waals surface area contributed by atoms with Gasteiger partial charge in [-0.2, -0.15) is 4.98 Å². The van der Waals surface area contributed by atoms with E-state index in [0.29, 0.717) is 24.8 Å². The van der Waals surface area contributed by atoms with E-state index in [4.69, 9.17) is 15.0 Å². The minimum Gasteiger partial charge on any atom is -0.362 e. The Morgan fingerprint density at radius 3 is 2.79 bits per heavy atom. The van der Waals surface area contributed by atoms with E-state index in [1.807, 2.05) is 30.3 Å². The molecular weight excluding hydrogens is 332 g/mol. The SMILES string of the molecule is Cc1noc(COCC(=O)N2C[C@@H](N)[C@H](c3ccccc3)C2)n1.Cl. The average molecular weight is 353 g/mol. The van der Waals surface area contributed by atoms with E-state index in [1.165, 1.54) is 0 Å². The van der Waals surface area contributed by atoms with Crippen LogP contribution in [-0.2, 0) is 16.1 Å². The molecule has 8 heteroatoms. The number of rotatable bonds is 5. The first kappa shape index (κ1) is 18.4. The van der Waals surface area contributed by atoms with Crippen LogP contribution in [0, 0.1) is 6.92 Å². The molecule has 0 unspecified atom stereocenters. The highest BCUT2D eigenvalue weighted by Gasteiger charge is 2.33. The predicted octanol–water partition coefficient (Wildman–Crippen LogP) is 1.27. The van der Waals surface area contributed by atoms with Gasteiger partial charge in [-0.15, -0.1) is 12.4 Å². The molecule has 24 heavy (non-hydrogen) atoms. The molecule has 1 aromatic heterocycles. The maximum absolute atomic E-state index is 12.2. The largest absolute Gasteiger partial charge is 0.362 e. The van der Waals surface area contributed by atoms with Gasteiger partial charge in [0.2, 0.25) is 5.91 Å². The molecule has 0 bridgehead atoms. The molecule has 130 valence electrons. The molecule has 2 atom stereocenters. The summed E-state index contributed by atoms with van der Waals surface area (Å²) in [6, 6.07) is 9.99. The normalized spacial score (nSPS) is 20.0. The van der Waals surface area contributed by atoms with Gasteiger partial charge in [0.1, 0.15) is 13.2 Å². The van der Waals surface area contributed by atoms with Crippen molar-refractivity contribution in [2.75, 3.05) is 19.7 Å². The summed E-state index contributed by atoms with van der Waals surface area (Å²) in [4.78, 5) is 18.0. The summed E-state index contributed by atoms with van der Waals surface area (Å²) in [6.07, 6.45) is 0. The summed E-state index contributed by atoms with van der Waals surface area (Å²) in [7, 11) is 0. The Labute approximate surface area is 146 Å². The quantitative estimate of drug-likeness (QED) is 0.870. The van der Waals surface area contributed by atoms with Crippen LogP contribution >= 0.6 is 12.4 Å². The van der Waals surface area contributed by atoms with Gasteiger partial charge in [0.15, 0.2) is 5.82 Å². The monoisotopic (exact) mass is 352 g/mol. The van der Waals surface area contributed by atoms with Crippen molar-refractivity contribution in [1.29, 1.82) is 0 Å². The Hall–Kier alpha value is -1.96. The maximum atomic E-state index is 12.2. The van der Waals surface area contributed by atoms with Gasteiger partial charge >= 0.3 is 0 Å². The zero-order valence-electron chi connectivity index (χ0n) is 13.4. The van der Waals surface area contributed by atoms with Crippen LogP contribution in [0.1, 0.15) is 23.2 Å². The van der Waals surface area contributed by atoms with Gasteiger partial charge in [0.05, 0.1) is 0 Å². The smallest absolute Gasteiger partial charge is 0.252 e. The van der Waals surface area contributed by atoms with Gasteiger partial charge in [0.25, 0.3) is 5.89 Å². The zero-order valence-corrected chi connectivity index (χ0v) is 14.2. The number of hydrogen-bond donors (Lipinski definition) is 1. The van der Waals surface area contributed by atoms with Crippen molar-refractivity contribution >= 4 is 18.3 Å². The van der Waals surface area contributed by atoms with Crippen molar-refractivity contribution < 1.29 is 14.1 Å². The van der Waals surface area contributed by atoms with Crippen molar-refractivity contribution in [1.82, 2.24) is 15.0 Å². The van der Waals surface area contributed by atoms with Gasteiger partial charge in [-0.25, -0.2) is 0 Å². The second kappa shape index (κ2) is 8.23. The number of nitrogens with zero attached hydrogens (tertiary/aromatic N) is 3. The molecule has 3 rings (SSSR count).